The van der Waals surface area contributed by atoms with Gasteiger partial charge < -0.3 is 15.0 Å². The fourth-order valence-corrected chi connectivity index (χ4v) is 2.99. The molecule has 0 saturated carbocycles. The Labute approximate surface area is 145 Å². The van der Waals surface area contributed by atoms with Crippen LogP contribution in [0.4, 0.5) is 11.6 Å². The second-order valence-electron chi connectivity index (χ2n) is 6.10. The van der Waals surface area contributed by atoms with Crippen LogP contribution in [0.5, 0.6) is 0 Å². The predicted octanol–water partition coefficient (Wildman–Crippen LogP) is 1.52. The average molecular weight is 339 g/mol. The van der Waals surface area contributed by atoms with Gasteiger partial charge in [-0.2, -0.15) is 5.10 Å². The van der Waals surface area contributed by atoms with Crippen LogP contribution in [0, 0.1) is 6.92 Å². The Balaban J connectivity index is 1.54. The Bertz CT molecular complexity index is 886. The molecule has 0 amide bonds. The molecule has 1 aliphatic rings. The zero-order valence-electron chi connectivity index (χ0n) is 14.4. The van der Waals surface area contributed by atoms with Crippen molar-refractivity contribution in [1.82, 2.24) is 24.7 Å². The number of rotatable bonds is 4. The molecule has 1 aliphatic heterocycles. The van der Waals surface area contributed by atoms with Crippen LogP contribution in [0.3, 0.4) is 0 Å². The number of anilines is 2. The SMILES string of the molecule is Cc1nc(NCc2ccnc(N3CCOCC3)c2)c2cnn(C)c2n1. The summed E-state index contributed by atoms with van der Waals surface area (Å²) < 4.78 is 7.17. The van der Waals surface area contributed by atoms with Crippen LogP contribution in [0.25, 0.3) is 11.0 Å². The summed E-state index contributed by atoms with van der Waals surface area (Å²) in [4.78, 5) is 15.7. The van der Waals surface area contributed by atoms with E-state index in [4.69, 9.17) is 4.74 Å². The molecular formula is C17H21N7O. The van der Waals surface area contributed by atoms with Crippen LogP contribution < -0.4 is 10.2 Å². The Hall–Kier alpha value is -2.74. The van der Waals surface area contributed by atoms with Crippen molar-refractivity contribution in [1.29, 1.82) is 0 Å². The largest absolute Gasteiger partial charge is 0.378 e. The van der Waals surface area contributed by atoms with Crippen LogP contribution in [0.15, 0.2) is 24.5 Å². The predicted molar refractivity (Wildman–Crippen MR) is 95.6 cm³/mol. The summed E-state index contributed by atoms with van der Waals surface area (Å²) >= 11 is 0. The van der Waals surface area contributed by atoms with E-state index in [-0.39, 0.29) is 0 Å². The van der Waals surface area contributed by atoms with Crippen molar-refractivity contribution in [2.24, 2.45) is 7.05 Å². The van der Waals surface area contributed by atoms with Gasteiger partial charge in [0.25, 0.3) is 0 Å². The molecule has 0 radical (unpaired) electrons. The third kappa shape index (κ3) is 3.25. The number of morpholine rings is 1. The van der Waals surface area contributed by atoms with E-state index in [2.05, 4.69) is 36.3 Å². The lowest BCUT2D eigenvalue weighted by Crippen LogP contribution is -2.36. The quantitative estimate of drug-likeness (QED) is 0.772. The molecule has 25 heavy (non-hydrogen) atoms. The van der Waals surface area contributed by atoms with Crippen LogP contribution in [-0.2, 0) is 18.3 Å². The summed E-state index contributed by atoms with van der Waals surface area (Å²) in [6.07, 6.45) is 3.65. The van der Waals surface area contributed by atoms with Gasteiger partial charge in [-0.1, -0.05) is 0 Å². The molecule has 1 N–H and O–H groups in total. The molecule has 0 unspecified atom stereocenters. The normalized spacial score (nSPS) is 14.9. The van der Waals surface area contributed by atoms with Crippen LogP contribution in [-0.4, -0.2) is 51.0 Å². The first kappa shape index (κ1) is 15.8. The smallest absolute Gasteiger partial charge is 0.163 e. The monoisotopic (exact) mass is 339 g/mol. The fourth-order valence-electron chi connectivity index (χ4n) is 2.99. The topological polar surface area (TPSA) is 81.0 Å². The van der Waals surface area contributed by atoms with Gasteiger partial charge in [-0.15, -0.1) is 0 Å². The summed E-state index contributed by atoms with van der Waals surface area (Å²) in [6, 6.07) is 4.14. The fraction of sp³-hybridized carbons (Fsp3) is 0.412. The maximum absolute atomic E-state index is 5.41. The molecule has 4 rings (SSSR count). The zero-order chi connectivity index (χ0) is 17.2. The lowest BCUT2D eigenvalue weighted by atomic mass is 10.2. The molecular weight excluding hydrogens is 318 g/mol. The van der Waals surface area contributed by atoms with E-state index in [0.717, 1.165) is 60.4 Å². The summed E-state index contributed by atoms with van der Waals surface area (Å²) in [5, 5.41) is 8.61. The van der Waals surface area contributed by atoms with Crippen molar-refractivity contribution >= 4 is 22.7 Å². The molecule has 0 bridgehead atoms. The number of nitrogens with one attached hydrogen (secondary N) is 1. The summed E-state index contributed by atoms with van der Waals surface area (Å²) in [5.41, 5.74) is 1.99. The highest BCUT2D eigenvalue weighted by Gasteiger charge is 2.13. The van der Waals surface area contributed by atoms with Gasteiger partial charge in [0.2, 0.25) is 0 Å². The number of nitrogens with zero attached hydrogens (tertiary/aromatic N) is 6. The van der Waals surface area contributed by atoms with Crippen molar-refractivity contribution in [3.63, 3.8) is 0 Å². The van der Waals surface area contributed by atoms with Gasteiger partial charge >= 0.3 is 0 Å². The molecule has 130 valence electrons. The summed E-state index contributed by atoms with van der Waals surface area (Å²) in [6.45, 7) is 5.82. The number of hydrogen-bond donors (Lipinski definition) is 1. The highest BCUT2D eigenvalue weighted by atomic mass is 16.5. The van der Waals surface area contributed by atoms with Crippen molar-refractivity contribution < 1.29 is 4.74 Å². The standard InChI is InChI=1S/C17H21N7O/c1-12-21-16(14-11-20-23(2)17(14)22-12)19-10-13-3-4-18-15(9-13)24-5-7-25-8-6-24/h3-4,9,11H,5-8,10H2,1-2H3,(H,19,21,22). The van der Waals surface area contributed by atoms with Crippen LogP contribution >= 0.6 is 0 Å². The van der Waals surface area contributed by atoms with Gasteiger partial charge in [-0.05, 0) is 24.6 Å². The molecule has 1 fully saturated rings. The number of aromatic nitrogens is 5. The molecule has 8 nitrogen and oxygen atoms in total. The first-order chi connectivity index (χ1) is 12.2. The molecule has 0 aliphatic carbocycles. The second kappa shape index (κ2) is 6.64. The van der Waals surface area contributed by atoms with Gasteiger partial charge in [-0.3, -0.25) is 4.68 Å². The Morgan fingerprint density at radius 3 is 2.92 bits per heavy atom. The van der Waals surface area contributed by atoms with E-state index in [1.165, 1.54) is 0 Å². The molecule has 0 aromatic carbocycles. The zero-order valence-corrected chi connectivity index (χ0v) is 14.4. The van der Waals surface area contributed by atoms with E-state index < -0.39 is 0 Å². The number of aryl methyl sites for hydroxylation is 2. The molecule has 3 aromatic heterocycles. The lowest BCUT2D eigenvalue weighted by molar-refractivity contribution is 0.122. The number of ether oxygens (including phenoxy) is 1. The minimum Gasteiger partial charge on any atom is -0.378 e. The van der Waals surface area contributed by atoms with Crippen molar-refractivity contribution in [3.8, 4) is 0 Å². The van der Waals surface area contributed by atoms with Crippen molar-refractivity contribution in [3.05, 3.63) is 35.9 Å². The number of fused-ring (bicyclic) bond motifs is 1. The van der Waals surface area contributed by atoms with Gasteiger partial charge in [0.1, 0.15) is 17.5 Å². The summed E-state index contributed by atoms with van der Waals surface area (Å²) in [5.74, 6) is 2.52. The summed E-state index contributed by atoms with van der Waals surface area (Å²) in [7, 11) is 1.88. The van der Waals surface area contributed by atoms with E-state index in [1.807, 2.05) is 26.2 Å². The van der Waals surface area contributed by atoms with Crippen LogP contribution in [0.1, 0.15) is 11.4 Å². The van der Waals surface area contributed by atoms with Gasteiger partial charge in [0, 0.05) is 32.9 Å². The first-order valence-corrected chi connectivity index (χ1v) is 8.38. The van der Waals surface area contributed by atoms with E-state index in [1.54, 1.807) is 10.9 Å². The molecule has 8 heteroatoms. The second-order valence-corrected chi connectivity index (χ2v) is 6.10. The van der Waals surface area contributed by atoms with Gasteiger partial charge in [0.15, 0.2) is 5.65 Å². The molecule has 3 aromatic rings. The molecule has 1 saturated heterocycles. The maximum Gasteiger partial charge on any atom is 0.163 e. The molecule has 0 atom stereocenters. The Morgan fingerprint density at radius 1 is 1.24 bits per heavy atom. The maximum atomic E-state index is 5.41. The highest BCUT2D eigenvalue weighted by Crippen LogP contribution is 2.21. The lowest BCUT2D eigenvalue weighted by Gasteiger charge is -2.28. The van der Waals surface area contributed by atoms with E-state index in [9.17, 15) is 0 Å². The van der Waals surface area contributed by atoms with Crippen molar-refractivity contribution in [2.75, 3.05) is 36.5 Å². The van der Waals surface area contributed by atoms with E-state index in [0.29, 0.717) is 6.54 Å². The highest BCUT2D eigenvalue weighted by molar-refractivity contribution is 5.86. The average Bonchev–Trinajstić information content (AvgIpc) is 3.02. The van der Waals surface area contributed by atoms with Gasteiger partial charge in [-0.25, -0.2) is 15.0 Å². The third-order valence-electron chi connectivity index (χ3n) is 4.31. The Morgan fingerprint density at radius 2 is 2.08 bits per heavy atom. The first-order valence-electron chi connectivity index (χ1n) is 8.38. The van der Waals surface area contributed by atoms with Crippen LogP contribution in [0.2, 0.25) is 0 Å². The minimum absolute atomic E-state index is 0.667. The molecule has 4 heterocycles. The number of pyridine rings is 1. The van der Waals surface area contributed by atoms with E-state index >= 15 is 0 Å². The van der Waals surface area contributed by atoms with Gasteiger partial charge in [0.05, 0.1) is 24.8 Å². The number of hydrogen-bond acceptors (Lipinski definition) is 7. The molecule has 0 spiro atoms. The third-order valence-corrected chi connectivity index (χ3v) is 4.31. The Kier molecular flexibility index (Phi) is 4.19. The minimum atomic E-state index is 0.667. The van der Waals surface area contributed by atoms with Crippen molar-refractivity contribution in [2.45, 2.75) is 13.5 Å².